The molecule has 0 amide bonds. The lowest BCUT2D eigenvalue weighted by molar-refractivity contribution is -0.250. The second kappa shape index (κ2) is 12.1. The third-order valence-corrected chi connectivity index (χ3v) is 16.7. The fourth-order valence-electron chi connectivity index (χ4n) is 14.3. The fourth-order valence-corrected chi connectivity index (χ4v) is 14.3. The summed E-state index contributed by atoms with van der Waals surface area (Å²) in [6.45, 7) is 24.4. The smallest absolute Gasteiger partial charge is 0.303 e. The van der Waals surface area contributed by atoms with Crippen molar-refractivity contribution in [3.8, 4) is 0 Å². The lowest BCUT2D eigenvalue weighted by atomic mass is 9.41. The van der Waals surface area contributed by atoms with Crippen molar-refractivity contribution in [1.82, 2.24) is 4.90 Å². The summed E-state index contributed by atoms with van der Waals surface area (Å²) in [5.74, 6) is 1.08. The zero-order valence-electron chi connectivity index (χ0n) is 33.0. The van der Waals surface area contributed by atoms with Crippen molar-refractivity contribution in [3.63, 3.8) is 0 Å². The van der Waals surface area contributed by atoms with Gasteiger partial charge in [-0.15, -0.1) is 0 Å². The van der Waals surface area contributed by atoms with E-state index in [0.717, 1.165) is 38.9 Å². The van der Waals surface area contributed by atoms with Gasteiger partial charge in [0.2, 0.25) is 0 Å². The summed E-state index contributed by atoms with van der Waals surface area (Å²) < 4.78 is 31.5. The van der Waals surface area contributed by atoms with E-state index in [1.807, 2.05) is 0 Å². The van der Waals surface area contributed by atoms with Crippen LogP contribution in [0.2, 0.25) is 0 Å². The van der Waals surface area contributed by atoms with Gasteiger partial charge in [-0.25, -0.2) is 0 Å². The maximum Gasteiger partial charge on any atom is 0.303 e. The lowest BCUT2D eigenvalue weighted by Gasteiger charge is -2.64. The van der Waals surface area contributed by atoms with Crippen LogP contribution in [0.3, 0.4) is 0 Å². The van der Waals surface area contributed by atoms with Gasteiger partial charge >= 0.3 is 5.97 Å². The van der Waals surface area contributed by atoms with Crippen molar-refractivity contribution in [2.45, 2.75) is 169 Å². The second-order valence-electron chi connectivity index (χ2n) is 20.4. The zero-order valence-corrected chi connectivity index (χ0v) is 33.0. The van der Waals surface area contributed by atoms with Crippen LogP contribution in [0.15, 0.2) is 0 Å². The molecule has 5 saturated carbocycles. The number of carbonyl (C=O) groups excluding carboxylic acids is 1. The van der Waals surface area contributed by atoms with Crippen molar-refractivity contribution in [1.29, 1.82) is 0 Å². The molecule has 2 saturated heterocycles. The first-order valence-electron chi connectivity index (χ1n) is 19.9. The number of nitrogens with zero attached hydrogens (tertiary/aromatic N) is 1. The standard InChI is InChI=1S/C41H69NO8/c1-24-20-26(34(37(7,8)45)48-25(2)43)49-32-31(24)38(9)16-17-41-22-40(41)15-14-29(50-30-21-42(18-19-47-30)23-35(3,4)46-11)36(5,6)27(40)12-13-28(41)39(38,10)33(32)44/h24,26-34,44-45H,12-23H2,1-11H3/t24-,26-,27+,28+,29+,30+,31?,32+,33+,34+,38-,39-,40-,41+/m1/s1. The average Bonchev–Trinajstić information content (AvgIpc) is 3.65. The molecule has 2 heterocycles. The number of carbonyl (C=O) groups is 1. The van der Waals surface area contributed by atoms with E-state index in [1.165, 1.54) is 32.6 Å². The second-order valence-corrected chi connectivity index (χ2v) is 20.4. The molecule has 7 aliphatic rings. The molecule has 9 nitrogen and oxygen atoms in total. The minimum Gasteiger partial charge on any atom is -0.457 e. The first-order chi connectivity index (χ1) is 23.2. The largest absolute Gasteiger partial charge is 0.457 e. The normalized spacial score (nSPS) is 49.1. The summed E-state index contributed by atoms with van der Waals surface area (Å²) in [6, 6.07) is 0. The van der Waals surface area contributed by atoms with Crippen molar-refractivity contribution in [2.75, 3.05) is 33.4 Å². The number of rotatable bonds is 8. The molecule has 2 aliphatic heterocycles. The molecule has 0 aromatic carbocycles. The minimum atomic E-state index is -1.26. The van der Waals surface area contributed by atoms with Crippen LogP contribution >= 0.6 is 0 Å². The van der Waals surface area contributed by atoms with Crippen LogP contribution in [0, 0.1) is 50.7 Å². The molecule has 0 radical (unpaired) electrons. The number of aliphatic hydroxyl groups is 2. The summed E-state index contributed by atoms with van der Waals surface area (Å²) in [7, 11) is 1.79. The lowest BCUT2D eigenvalue weighted by Crippen LogP contribution is -2.60. The third-order valence-electron chi connectivity index (χ3n) is 16.7. The maximum absolute atomic E-state index is 12.6. The third kappa shape index (κ3) is 5.35. The number of hydrogen-bond donors (Lipinski definition) is 2. The Labute approximate surface area is 301 Å². The highest BCUT2D eigenvalue weighted by Gasteiger charge is 2.84. The van der Waals surface area contributed by atoms with Gasteiger partial charge in [-0.1, -0.05) is 34.6 Å². The highest BCUT2D eigenvalue weighted by atomic mass is 16.7. The van der Waals surface area contributed by atoms with E-state index in [4.69, 9.17) is 23.7 Å². The van der Waals surface area contributed by atoms with Gasteiger partial charge < -0.3 is 33.9 Å². The van der Waals surface area contributed by atoms with Crippen LogP contribution in [0.25, 0.3) is 0 Å². The Morgan fingerprint density at radius 3 is 2.36 bits per heavy atom. The molecule has 7 rings (SSSR count). The van der Waals surface area contributed by atoms with E-state index in [1.54, 1.807) is 21.0 Å². The van der Waals surface area contributed by atoms with E-state index < -0.39 is 29.9 Å². The number of methoxy groups -OCH3 is 1. The van der Waals surface area contributed by atoms with Crippen LogP contribution in [0.5, 0.6) is 0 Å². The van der Waals surface area contributed by atoms with Gasteiger partial charge in [0.25, 0.3) is 0 Å². The topological polar surface area (TPSA) is 107 Å². The van der Waals surface area contributed by atoms with Gasteiger partial charge in [0.1, 0.15) is 0 Å². The summed E-state index contributed by atoms with van der Waals surface area (Å²) >= 11 is 0. The summed E-state index contributed by atoms with van der Waals surface area (Å²) in [5.41, 5.74) is -1.22. The van der Waals surface area contributed by atoms with Crippen molar-refractivity contribution < 1.29 is 38.7 Å². The van der Waals surface area contributed by atoms with Crippen molar-refractivity contribution >= 4 is 5.97 Å². The first-order valence-corrected chi connectivity index (χ1v) is 19.9. The highest BCUT2D eigenvalue weighted by molar-refractivity contribution is 5.66. The van der Waals surface area contributed by atoms with Crippen molar-refractivity contribution in [2.24, 2.45) is 50.7 Å². The monoisotopic (exact) mass is 704 g/mol. The van der Waals surface area contributed by atoms with E-state index in [0.29, 0.717) is 30.3 Å². The van der Waals surface area contributed by atoms with E-state index in [-0.39, 0.29) is 57.6 Å². The Hall–Kier alpha value is -0.810. The number of fused-ring (bicyclic) bond motifs is 4. The summed E-state index contributed by atoms with van der Waals surface area (Å²) in [5, 5.41) is 23.7. The quantitative estimate of drug-likeness (QED) is 0.296. The number of esters is 1. The van der Waals surface area contributed by atoms with Crippen LogP contribution in [-0.4, -0.2) is 102 Å². The molecule has 14 atom stereocenters. The molecule has 50 heavy (non-hydrogen) atoms. The van der Waals surface area contributed by atoms with Gasteiger partial charge in [-0.3, -0.25) is 9.69 Å². The van der Waals surface area contributed by atoms with Crippen LogP contribution < -0.4 is 0 Å². The molecule has 2 spiro atoms. The van der Waals surface area contributed by atoms with E-state index in [2.05, 4.69) is 53.4 Å². The van der Waals surface area contributed by atoms with Crippen LogP contribution in [0.1, 0.15) is 121 Å². The zero-order chi connectivity index (χ0) is 36.4. The molecular formula is C41H69NO8. The Morgan fingerprint density at radius 2 is 1.70 bits per heavy atom. The molecule has 2 N–H and O–H groups in total. The van der Waals surface area contributed by atoms with E-state index >= 15 is 0 Å². The molecule has 0 aromatic rings. The molecule has 7 fully saturated rings. The highest BCUT2D eigenvalue weighted by Crippen LogP contribution is 2.89. The minimum absolute atomic E-state index is 0.0295. The van der Waals surface area contributed by atoms with E-state index in [9.17, 15) is 15.0 Å². The Bertz CT molecular complexity index is 1310. The predicted molar refractivity (Wildman–Crippen MR) is 190 cm³/mol. The molecule has 5 aliphatic carbocycles. The molecule has 286 valence electrons. The maximum atomic E-state index is 12.6. The number of aliphatic hydroxyl groups excluding tert-OH is 1. The molecule has 0 bridgehead atoms. The number of ether oxygens (including phenoxy) is 5. The van der Waals surface area contributed by atoms with Gasteiger partial charge in [-0.05, 0) is 124 Å². The fraction of sp³-hybridized carbons (Fsp3) is 0.976. The van der Waals surface area contributed by atoms with Gasteiger partial charge in [0.15, 0.2) is 12.4 Å². The SMILES string of the molecule is COC(C)(C)CN1CCO[C@@H](O[C@H]2CC[C@]34C[C@]35CC[C@]3(C)C6[C@H](C)C[C@H]([C@H](OC(C)=O)C(C)(C)O)O[C@@H]6[C@H](O)[C@@]3(C)[C@@H]5CC[C@H]4C2(C)C)C1. The molecule has 1 unspecified atom stereocenters. The molecule has 9 heteroatoms. The summed E-state index contributed by atoms with van der Waals surface area (Å²) in [4.78, 5) is 14.5. The van der Waals surface area contributed by atoms with Gasteiger partial charge in [0.05, 0.1) is 42.2 Å². The Morgan fingerprint density at radius 1 is 1.02 bits per heavy atom. The van der Waals surface area contributed by atoms with Crippen LogP contribution in [0.4, 0.5) is 0 Å². The van der Waals surface area contributed by atoms with Gasteiger partial charge in [-0.2, -0.15) is 0 Å². The Balaban J connectivity index is 1.10. The Kier molecular flexibility index (Phi) is 9.07. The number of morpholine rings is 1. The van der Waals surface area contributed by atoms with Crippen LogP contribution in [-0.2, 0) is 28.5 Å². The number of hydrogen-bond acceptors (Lipinski definition) is 9. The predicted octanol–water partition coefficient (Wildman–Crippen LogP) is 5.97. The summed E-state index contributed by atoms with van der Waals surface area (Å²) in [6.07, 6.45) is 6.58. The average molecular weight is 704 g/mol. The van der Waals surface area contributed by atoms with Gasteiger partial charge in [0, 0.05) is 39.1 Å². The molecular weight excluding hydrogens is 634 g/mol. The first kappa shape index (κ1) is 37.5. The molecule has 0 aromatic heterocycles. The van der Waals surface area contributed by atoms with Crippen molar-refractivity contribution in [3.05, 3.63) is 0 Å².